The number of nitrogens with zero attached hydrogens (tertiary/aromatic N) is 2. The maximum Gasteiger partial charge on any atom is 0.321 e. The van der Waals surface area contributed by atoms with Crippen LogP contribution in [-0.4, -0.2) is 47.9 Å². The predicted molar refractivity (Wildman–Crippen MR) is 117 cm³/mol. The van der Waals surface area contributed by atoms with Gasteiger partial charge in [0.1, 0.15) is 5.82 Å². The summed E-state index contributed by atoms with van der Waals surface area (Å²) < 4.78 is 13.1. The first-order valence-corrected chi connectivity index (χ1v) is 10.8. The number of halogens is 1. The van der Waals surface area contributed by atoms with E-state index < -0.39 is 0 Å². The fraction of sp³-hybridized carbons (Fsp3) is 0.417. The minimum absolute atomic E-state index is 0.129. The quantitative estimate of drug-likeness (QED) is 0.685. The maximum absolute atomic E-state index is 13.1. The lowest BCUT2D eigenvalue weighted by Crippen LogP contribution is -2.39. The molecule has 3 amide bonds. The van der Waals surface area contributed by atoms with Crippen molar-refractivity contribution in [2.75, 3.05) is 31.5 Å². The van der Waals surface area contributed by atoms with Crippen molar-refractivity contribution in [2.45, 2.75) is 39.0 Å². The Morgan fingerprint density at radius 3 is 2.27 bits per heavy atom. The molecular formula is C24H30FN3O2. The molecule has 3 rings (SSSR count). The molecule has 1 heterocycles. The third kappa shape index (κ3) is 6.05. The molecule has 30 heavy (non-hydrogen) atoms. The molecule has 0 unspecified atom stereocenters. The Morgan fingerprint density at radius 1 is 0.900 bits per heavy atom. The number of amides is 3. The molecule has 6 heteroatoms. The van der Waals surface area contributed by atoms with Crippen molar-refractivity contribution in [1.82, 2.24) is 9.80 Å². The molecule has 0 aromatic heterocycles. The van der Waals surface area contributed by atoms with Gasteiger partial charge in [-0.15, -0.1) is 0 Å². The van der Waals surface area contributed by atoms with Crippen LogP contribution >= 0.6 is 0 Å². The summed E-state index contributed by atoms with van der Waals surface area (Å²) in [6, 6.07) is 13.5. The zero-order valence-corrected chi connectivity index (χ0v) is 17.6. The summed E-state index contributed by atoms with van der Waals surface area (Å²) in [6.07, 6.45) is 5.39. The number of hydrogen-bond acceptors (Lipinski definition) is 2. The average molecular weight is 412 g/mol. The largest absolute Gasteiger partial charge is 0.337 e. The maximum atomic E-state index is 13.1. The number of unbranched alkanes of at least 4 members (excludes halogenated alkanes) is 2. The van der Waals surface area contributed by atoms with Crippen molar-refractivity contribution in [3.05, 3.63) is 65.5 Å². The van der Waals surface area contributed by atoms with Crippen molar-refractivity contribution in [1.29, 1.82) is 0 Å². The van der Waals surface area contributed by atoms with E-state index >= 15 is 0 Å². The van der Waals surface area contributed by atoms with Gasteiger partial charge in [0.15, 0.2) is 0 Å². The van der Waals surface area contributed by atoms with Gasteiger partial charge in [-0.1, -0.05) is 31.9 Å². The molecule has 1 N–H and O–H groups in total. The smallest absolute Gasteiger partial charge is 0.321 e. The lowest BCUT2D eigenvalue weighted by atomic mass is 10.1. The average Bonchev–Trinajstić information content (AvgIpc) is 3.02. The fourth-order valence-electron chi connectivity index (χ4n) is 3.64. The van der Waals surface area contributed by atoms with Gasteiger partial charge in [-0.25, -0.2) is 9.18 Å². The van der Waals surface area contributed by atoms with E-state index in [-0.39, 0.29) is 17.8 Å². The first-order valence-electron chi connectivity index (χ1n) is 10.8. The van der Waals surface area contributed by atoms with Crippen LogP contribution in [0.5, 0.6) is 0 Å². The van der Waals surface area contributed by atoms with Crippen LogP contribution in [0.3, 0.4) is 0 Å². The highest BCUT2D eigenvalue weighted by molar-refractivity contribution is 5.94. The zero-order chi connectivity index (χ0) is 21.3. The van der Waals surface area contributed by atoms with Gasteiger partial charge >= 0.3 is 6.03 Å². The highest BCUT2D eigenvalue weighted by Gasteiger charge is 2.23. The minimum atomic E-state index is -0.362. The standard InChI is InChI=1S/C24H30FN3O2/c1-2-3-4-6-19-7-13-22(14-8-19)26-24(30)28-16-5-15-27(17-18-28)23(29)20-9-11-21(25)12-10-20/h7-14H,2-6,15-18H2,1H3,(H,26,30). The fourth-order valence-corrected chi connectivity index (χ4v) is 3.64. The van der Waals surface area contributed by atoms with Crippen LogP contribution in [0.4, 0.5) is 14.9 Å². The molecular weight excluding hydrogens is 381 g/mol. The van der Waals surface area contributed by atoms with E-state index in [1.807, 2.05) is 12.1 Å². The van der Waals surface area contributed by atoms with Crippen molar-refractivity contribution >= 4 is 17.6 Å². The van der Waals surface area contributed by atoms with Crippen molar-refractivity contribution in [3.63, 3.8) is 0 Å². The van der Waals surface area contributed by atoms with Crippen molar-refractivity contribution < 1.29 is 14.0 Å². The molecule has 1 fully saturated rings. The molecule has 0 bridgehead atoms. The Kier molecular flexibility index (Phi) is 7.82. The van der Waals surface area contributed by atoms with Gasteiger partial charge in [0.25, 0.3) is 5.91 Å². The lowest BCUT2D eigenvalue weighted by molar-refractivity contribution is 0.0762. The van der Waals surface area contributed by atoms with Crippen LogP contribution in [0.15, 0.2) is 48.5 Å². The molecule has 5 nitrogen and oxygen atoms in total. The number of rotatable bonds is 6. The van der Waals surface area contributed by atoms with E-state index in [1.165, 1.54) is 49.1 Å². The highest BCUT2D eigenvalue weighted by atomic mass is 19.1. The van der Waals surface area contributed by atoms with Crippen LogP contribution in [-0.2, 0) is 6.42 Å². The highest BCUT2D eigenvalue weighted by Crippen LogP contribution is 2.15. The van der Waals surface area contributed by atoms with Crippen LogP contribution in [0.1, 0.15) is 48.5 Å². The van der Waals surface area contributed by atoms with E-state index in [9.17, 15) is 14.0 Å². The summed E-state index contributed by atoms with van der Waals surface area (Å²) in [4.78, 5) is 28.8. The second-order valence-corrected chi connectivity index (χ2v) is 7.72. The van der Waals surface area contributed by atoms with Crippen LogP contribution in [0, 0.1) is 5.82 Å². The third-order valence-corrected chi connectivity index (χ3v) is 5.44. The molecule has 2 aromatic rings. The summed E-state index contributed by atoms with van der Waals surface area (Å²) >= 11 is 0. The molecule has 2 aromatic carbocycles. The second-order valence-electron chi connectivity index (χ2n) is 7.72. The molecule has 0 spiro atoms. The first-order chi connectivity index (χ1) is 14.6. The molecule has 0 radical (unpaired) electrons. The normalized spacial score (nSPS) is 14.3. The number of benzene rings is 2. The van der Waals surface area contributed by atoms with E-state index in [0.29, 0.717) is 38.2 Å². The number of hydrogen-bond donors (Lipinski definition) is 1. The molecule has 1 aliphatic rings. The van der Waals surface area contributed by atoms with Gasteiger partial charge < -0.3 is 15.1 Å². The van der Waals surface area contributed by atoms with Gasteiger partial charge in [-0.05, 0) is 61.2 Å². The van der Waals surface area contributed by atoms with Crippen molar-refractivity contribution in [3.8, 4) is 0 Å². The minimum Gasteiger partial charge on any atom is -0.337 e. The van der Waals surface area contributed by atoms with E-state index in [2.05, 4.69) is 24.4 Å². The summed E-state index contributed by atoms with van der Waals surface area (Å²) in [5, 5.41) is 2.96. The van der Waals surface area contributed by atoms with Gasteiger partial charge in [-0.3, -0.25) is 4.79 Å². The molecule has 1 saturated heterocycles. The summed E-state index contributed by atoms with van der Waals surface area (Å²) in [5.74, 6) is -0.491. The van der Waals surface area contributed by atoms with Gasteiger partial charge in [0, 0.05) is 37.4 Å². The topological polar surface area (TPSA) is 52.7 Å². The third-order valence-electron chi connectivity index (χ3n) is 5.44. The number of nitrogens with one attached hydrogen (secondary N) is 1. The zero-order valence-electron chi connectivity index (χ0n) is 17.6. The SMILES string of the molecule is CCCCCc1ccc(NC(=O)N2CCCN(C(=O)c3ccc(F)cc3)CC2)cc1. The Bertz CT molecular complexity index is 837. The summed E-state index contributed by atoms with van der Waals surface area (Å²) in [6.45, 7) is 4.29. The van der Waals surface area contributed by atoms with Crippen LogP contribution in [0.25, 0.3) is 0 Å². The number of urea groups is 1. The van der Waals surface area contributed by atoms with Crippen LogP contribution < -0.4 is 5.32 Å². The predicted octanol–water partition coefficient (Wildman–Crippen LogP) is 4.94. The Morgan fingerprint density at radius 2 is 1.57 bits per heavy atom. The van der Waals surface area contributed by atoms with Crippen LogP contribution in [0.2, 0.25) is 0 Å². The number of anilines is 1. The van der Waals surface area contributed by atoms with Gasteiger partial charge in [0.2, 0.25) is 0 Å². The van der Waals surface area contributed by atoms with Crippen molar-refractivity contribution in [2.24, 2.45) is 0 Å². The molecule has 0 saturated carbocycles. The Balaban J connectivity index is 1.51. The number of aryl methyl sites for hydroxylation is 1. The molecule has 0 aliphatic carbocycles. The molecule has 1 aliphatic heterocycles. The number of carbonyl (C=O) groups is 2. The van der Waals surface area contributed by atoms with E-state index in [0.717, 1.165) is 12.1 Å². The molecule has 0 atom stereocenters. The Labute approximate surface area is 177 Å². The monoisotopic (exact) mass is 411 g/mol. The lowest BCUT2D eigenvalue weighted by Gasteiger charge is -2.22. The van der Waals surface area contributed by atoms with E-state index in [1.54, 1.807) is 9.80 Å². The van der Waals surface area contributed by atoms with Gasteiger partial charge in [-0.2, -0.15) is 0 Å². The number of carbonyl (C=O) groups excluding carboxylic acids is 2. The Hall–Kier alpha value is -2.89. The molecule has 160 valence electrons. The van der Waals surface area contributed by atoms with E-state index in [4.69, 9.17) is 0 Å². The second kappa shape index (κ2) is 10.8. The summed E-state index contributed by atoms with van der Waals surface area (Å²) in [5.41, 5.74) is 2.53. The van der Waals surface area contributed by atoms with Gasteiger partial charge in [0.05, 0.1) is 0 Å². The first kappa shape index (κ1) is 21.8. The summed E-state index contributed by atoms with van der Waals surface area (Å²) in [7, 11) is 0.